The van der Waals surface area contributed by atoms with E-state index in [4.69, 9.17) is 23.2 Å². The molecule has 0 saturated heterocycles. The van der Waals surface area contributed by atoms with Crippen molar-refractivity contribution in [2.75, 3.05) is 0 Å². The van der Waals surface area contributed by atoms with Crippen LogP contribution in [0.2, 0.25) is 10.0 Å². The summed E-state index contributed by atoms with van der Waals surface area (Å²) in [5.41, 5.74) is 1.07. The summed E-state index contributed by atoms with van der Waals surface area (Å²) in [4.78, 5) is 27.0. The maximum atomic E-state index is 12.3. The molecule has 2 aromatic carbocycles. The number of carbonyl (C=O) groups excluding carboxylic acids is 1. The van der Waals surface area contributed by atoms with E-state index in [0.29, 0.717) is 15.6 Å². The van der Waals surface area contributed by atoms with E-state index in [1.54, 1.807) is 54.6 Å². The van der Waals surface area contributed by atoms with Gasteiger partial charge in [-0.15, -0.1) is 0 Å². The highest BCUT2D eigenvalue weighted by atomic mass is 35.5. The third kappa shape index (κ3) is 3.52. The highest BCUT2D eigenvalue weighted by molar-refractivity contribution is 6.31. The lowest BCUT2D eigenvalue weighted by Gasteiger charge is -2.01. The average molecular weight is 344 g/mol. The molecule has 0 unspecified atom stereocenters. The first-order valence-corrected chi connectivity index (χ1v) is 7.59. The largest absolute Gasteiger partial charge is 0.321 e. The minimum Gasteiger partial charge on any atom is -0.321 e. The smallest absolute Gasteiger partial charge is 0.259 e. The number of benzene rings is 2. The van der Waals surface area contributed by atoms with Crippen LogP contribution < -0.4 is 5.56 Å². The lowest BCUT2D eigenvalue weighted by Crippen LogP contribution is -2.16. The lowest BCUT2D eigenvalue weighted by atomic mass is 10.1. The van der Waals surface area contributed by atoms with Crippen LogP contribution in [0.4, 0.5) is 0 Å². The van der Waals surface area contributed by atoms with E-state index >= 15 is 0 Å². The Morgan fingerprint density at radius 3 is 2.39 bits per heavy atom. The van der Waals surface area contributed by atoms with Gasteiger partial charge >= 0.3 is 0 Å². The molecule has 0 aliphatic rings. The molecule has 3 rings (SSSR count). The molecule has 0 aliphatic heterocycles. The second-order valence-corrected chi connectivity index (χ2v) is 5.87. The Hall–Kier alpha value is -2.36. The monoisotopic (exact) mass is 343 g/mol. The standard InChI is InChI=1S/C18H11Cl2NO2/c19-13-5-1-11(2-6-13)3-8-17(22)15-9-12-4-7-14(20)10-16(12)21-18(15)23/h1-10H,(H,21,23)/b8-3-. The van der Waals surface area contributed by atoms with Gasteiger partial charge in [-0.2, -0.15) is 0 Å². The van der Waals surface area contributed by atoms with Gasteiger partial charge in [0.25, 0.3) is 5.56 Å². The van der Waals surface area contributed by atoms with Gasteiger partial charge in [-0.3, -0.25) is 9.59 Å². The summed E-state index contributed by atoms with van der Waals surface area (Å²) >= 11 is 11.7. The molecule has 1 N–H and O–H groups in total. The fourth-order valence-electron chi connectivity index (χ4n) is 2.19. The molecule has 0 bridgehead atoms. The number of pyridine rings is 1. The first kappa shape index (κ1) is 15.5. The van der Waals surface area contributed by atoms with E-state index in [1.807, 2.05) is 0 Å². The van der Waals surface area contributed by atoms with Crippen molar-refractivity contribution in [3.8, 4) is 0 Å². The molecular weight excluding hydrogens is 333 g/mol. The molecule has 0 aliphatic carbocycles. The Morgan fingerprint density at radius 1 is 0.957 bits per heavy atom. The van der Waals surface area contributed by atoms with Crippen molar-refractivity contribution < 1.29 is 4.79 Å². The number of rotatable bonds is 3. The number of nitrogens with one attached hydrogen (secondary N) is 1. The van der Waals surface area contributed by atoms with Gasteiger partial charge in [-0.1, -0.05) is 47.5 Å². The van der Waals surface area contributed by atoms with Gasteiger partial charge in [0.2, 0.25) is 0 Å². The topological polar surface area (TPSA) is 49.9 Å². The third-order valence-electron chi connectivity index (χ3n) is 3.37. The van der Waals surface area contributed by atoms with Crippen molar-refractivity contribution in [3.05, 3.63) is 86.1 Å². The minimum absolute atomic E-state index is 0.0880. The molecule has 3 nitrogen and oxygen atoms in total. The van der Waals surface area contributed by atoms with Crippen molar-refractivity contribution in [3.63, 3.8) is 0 Å². The second kappa shape index (κ2) is 6.41. The molecule has 0 fully saturated rings. The quantitative estimate of drug-likeness (QED) is 0.552. The maximum Gasteiger partial charge on any atom is 0.259 e. The predicted octanol–water partition coefficient (Wildman–Crippen LogP) is 4.73. The van der Waals surface area contributed by atoms with Crippen LogP contribution in [-0.2, 0) is 0 Å². The summed E-state index contributed by atoms with van der Waals surface area (Å²) in [5, 5.41) is 1.89. The van der Waals surface area contributed by atoms with Crippen LogP contribution in [0, 0.1) is 0 Å². The number of hydrogen-bond acceptors (Lipinski definition) is 2. The van der Waals surface area contributed by atoms with Crippen LogP contribution in [0.25, 0.3) is 17.0 Å². The number of allylic oxidation sites excluding steroid dienone is 1. The molecule has 0 amide bonds. The molecule has 3 aromatic rings. The Labute approximate surface area is 142 Å². The van der Waals surface area contributed by atoms with Gasteiger partial charge in [0.15, 0.2) is 5.78 Å². The van der Waals surface area contributed by atoms with Crippen LogP contribution >= 0.6 is 23.2 Å². The summed E-state index contributed by atoms with van der Waals surface area (Å²) in [6.07, 6.45) is 3.01. The Kier molecular flexibility index (Phi) is 4.33. The number of carbonyl (C=O) groups is 1. The van der Waals surface area contributed by atoms with Gasteiger partial charge in [-0.05, 0) is 47.4 Å². The van der Waals surface area contributed by atoms with Gasteiger partial charge in [0.1, 0.15) is 0 Å². The minimum atomic E-state index is -0.439. The Morgan fingerprint density at radius 2 is 1.65 bits per heavy atom. The molecule has 0 radical (unpaired) electrons. The van der Waals surface area contributed by atoms with Gasteiger partial charge in [0.05, 0.1) is 5.56 Å². The number of H-pyrrole nitrogens is 1. The predicted molar refractivity (Wildman–Crippen MR) is 94.4 cm³/mol. The van der Waals surface area contributed by atoms with E-state index in [1.165, 1.54) is 6.08 Å². The number of fused-ring (bicyclic) bond motifs is 1. The van der Waals surface area contributed by atoms with E-state index in [9.17, 15) is 9.59 Å². The first-order valence-electron chi connectivity index (χ1n) is 6.83. The highest BCUT2D eigenvalue weighted by Gasteiger charge is 2.09. The zero-order valence-electron chi connectivity index (χ0n) is 11.8. The van der Waals surface area contributed by atoms with Crippen LogP contribution in [-0.4, -0.2) is 10.8 Å². The normalized spacial score (nSPS) is 11.2. The highest BCUT2D eigenvalue weighted by Crippen LogP contribution is 2.17. The first-order chi connectivity index (χ1) is 11.0. The molecule has 0 saturated carbocycles. The molecular formula is C18H11Cl2NO2. The Balaban J connectivity index is 1.94. The summed E-state index contributed by atoms with van der Waals surface area (Å²) in [6, 6.07) is 13.7. The summed E-state index contributed by atoms with van der Waals surface area (Å²) < 4.78 is 0. The zero-order chi connectivity index (χ0) is 16.4. The number of aromatic amines is 1. The summed E-state index contributed by atoms with van der Waals surface area (Å²) in [5.74, 6) is -0.363. The fraction of sp³-hybridized carbons (Fsp3) is 0. The fourth-order valence-corrected chi connectivity index (χ4v) is 2.49. The van der Waals surface area contributed by atoms with Crippen molar-refractivity contribution in [2.24, 2.45) is 0 Å². The van der Waals surface area contributed by atoms with Crippen molar-refractivity contribution in [1.29, 1.82) is 0 Å². The lowest BCUT2D eigenvalue weighted by molar-refractivity contribution is 0.104. The van der Waals surface area contributed by atoms with E-state index < -0.39 is 5.56 Å². The molecule has 23 heavy (non-hydrogen) atoms. The summed E-state index contributed by atoms with van der Waals surface area (Å²) in [6.45, 7) is 0. The van der Waals surface area contributed by atoms with Crippen LogP contribution in [0.1, 0.15) is 15.9 Å². The maximum absolute atomic E-state index is 12.3. The van der Waals surface area contributed by atoms with Gasteiger partial charge in [-0.25, -0.2) is 0 Å². The Bertz CT molecular complexity index is 972. The molecule has 1 heterocycles. The zero-order valence-corrected chi connectivity index (χ0v) is 13.4. The van der Waals surface area contributed by atoms with Crippen LogP contribution in [0.3, 0.4) is 0 Å². The van der Waals surface area contributed by atoms with Gasteiger partial charge in [0, 0.05) is 15.6 Å². The van der Waals surface area contributed by atoms with Crippen molar-refractivity contribution >= 4 is 46.0 Å². The van der Waals surface area contributed by atoms with E-state index in [0.717, 1.165) is 10.9 Å². The number of aromatic nitrogens is 1. The average Bonchev–Trinajstić information content (AvgIpc) is 2.53. The number of hydrogen-bond donors (Lipinski definition) is 1. The molecule has 0 spiro atoms. The molecule has 0 atom stereocenters. The SMILES string of the molecule is O=C(/C=C\c1ccc(Cl)cc1)c1cc2ccc(Cl)cc2[nH]c1=O. The van der Waals surface area contributed by atoms with E-state index in [-0.39, 0.29) is 11.3 Å². The number of halogens is 2. The second-order valence-electron chi connectivity index (χ2n) is 4.99. The molecule has 5 heteroatoms. The molecule has 1 aromatic heterocycles. The number of ketones is 1. The van der Waals surface area contributed by atoms with Crippen LogP contribution in [0.5, 0.6) is 0 Å². The van der Waals surface area contributed by atoms with Crippen LogP contribution in [0.15, 0.2) is 59.4 Å². The van der Waals surface area contributed by atoms with E-state index in [2.05, 4.69) is 4.98 Å². The van der Waals surface area contributed by atoms with Crippen molar-refractivity contribution in [1.82, 2.24) is 4.98 Å². The van der Waals surface area contributed by atoms with Gasteiger partial charge < -0.3 is 4.98 Å². The van der Waals surface area contributed by atoms with Crippen molar-refractivity contribution in [2.45, 2.75) is 0 Å². The summed E-state index contributed by atoms with van der Waals surface area (Å²) in [7, 11) is 0. The molecule has 114 valence electrons. The third-order valence-corrected chi connectivity index (χ3v) is 3.86.